The fraction of sp³-hybridized carbons (Fsp3) is 0.538. The van der Waals surface area contributed by atoms with E-state index < -0.39 is 4.92 Å². The fourth-order valence-electron chi connectivity index (χ4n) is 1.62. The summed E-state index contributed by atoms with van der Waals surface area (Å²) in [5, 5.41) is 22.5. The van der Waals surface area contributed by atoms with Gasteiger partial charge in [0.25, 0.3) is 0 Å². The summed E-state index contributed by atoms with van der Waals surface area (Å²) in [5.41, 5.74) is 0.727. The van der Waals surface area contributed by atoms with Gasteiger partial charge in [-0.3, -0.25) is 10.1 Å². The smallest absolute Gasteiger partial charge is 0.311 e. The highest BCUT2D eigenvalue weighted by atomic mass is 16.6. The Morgan fingerprint density at radius 2 is 2.20 bits per heavy atom. The Hall–Kier alpha value is -1.86. The highest BCUT2D eigenvalue weighted by molar-refractivity contribution is 5.57. The third kappa shape index (κ3) is 5.41. The van der Waals surface area contributed by atoms with Crippen molar-refractivity contribution in [1.82, 2.24) is 0 Å². The van der Waals surface area contributed by atoms with Gasteiger partial charge in [0.05, 0.1) is 24.7 Å². The second kappa shape index (κ2) is 9.11. The average molecular weight is 284 g/mol. The molecule has 7 nitrogen and oxygen atoms in total. The molecule has 1 aromatic carbocycles. The number of nitrogens with one attached hydrogen (secondary N) is 1. The van der Waals surface area contributed by atoms with E-state index in [4.69, 9.17) is 14.6 Å². The number of hydrogen-bond donors (Lipinski definition) is 2. The molecule has 0 amide bonds. The third-order valence-corrected chi connectivity index (χ3v) is 2.49. The zero-order valence-electron chi connectivity index (χ0n) is 11.5. The average Bonchev–Trinajstić information content (AvgIpc) is 2.43. The van der Waals surface area contributed by atoms with Gasteiger partial charge >= 0.3 is 5.69 Å². The molecule has 0 radical (unpaired) electrons. The minimum atomic E-state index is -0.461. The molecule has 0 saturated heterocycles. The van der Waals surface area contributed by atoms with Crippen LogP contribution in [-0.4, -0.2) is 43.0 Å². The van der Waals surface area contributed by atoms with Crippen LogP contribution in [-0.2, 0) is 4.74 Å². The van der Waals surface area contributed by atoms with Gasteiger partial charge in [-0.1, -0.05) is 0 Å². The van der Waals surface area contributed by atoms with Gasteiger partial charge in [-0.2, -0.15) is 0 Å². The Bertz CT molecular complexity index is 425. The molecule has 7 heteroatoms. The van der Waals surface area contributed by atoms with Crippen LogP contribution in [0.1, 0.15) is 13.3 Å². The first-order valence-corrected chi connectivity index (χ1v) is 6.52. The maximum Gasteiger partial charge on any atom is 0.311 e. The van der Waals surface area contributed by atoms with Crippen molar-refractivity contribution < 1.29 is 19.5 Å². The number of ether oxygens (including phenoxy) is 2. The molecule has 0 spiro atoms. The maximum atomic E-state index is 10.8. The highest BCUT2D eigenvalue weighted by Crippen LogP contribution is 2.29. The fourth-order valence-corrected chi connectivity index (χ4v) is 1.62. The lowest BCUT2D eigenvalue weighted by atomic mass is 10.2. The van der Waals surface area contributed by atoms with Crippen molar-refractivity contribution in [2.75, 3.05) is 38.3 Å². The first-order valence-electron chi connectivity index (χ1n) is 6.52. The monoisotopic (exact) mass is 284 g/mol. The number of benzene rings is 1. The van der Waals surface area contributed by atoms with Crippen LogP contribution < -0.4 is 10.1 Å². The van der Waals surface area contributed by atoms with Crippen LogP contribution in [0.2, 0.25) is 0 Å². The molecule has 1 aromatic rings. The molecule has 20 heavy (non-hydrogen) atoms. The van der Waals surface area contributed by atoms with Gasteiger partial charge in [0, 0.05) is 31.0 Å². The summed E-state index contributed by atoms with van der Waals surface area (Å²) in [5.74, 6) is 0.263. The zero-order chi connectivity index (χ0) is 14.8. The first-order chi connectivity index (χ1) is 9.69. The Balaban J connectivity index is 2.50. The minimum Gasteiger partial charge on any atom is -0.487 e. The number of nitro benzene ring substituents is 1. The van der Waals surface area contributed by atoms with Crippen LogP contribution in [0.25, 0.3) is 0 Å². The molecule has 112 valence electrons. The summed E-state index contributed by atoms with van der Waals surface area (Å²) in [6.45, 7) is 3.74. The van der Waals surface area contributed by atoms with E-state index in [9.17, 15) is 10.1 Å². The van der Waals surface area contributed by atoms with E-state index in [1.165, 1.54) is 6.07 Å². The van der Waals surface area contributed by atoms with E-state index >= 15 is 0 Å². The Labute approximate surface area is 117 Å². The summed E-state index contributed by atoms with van der Waals surface area (Å²) in [7, 11) is 0. The molecule has 0 saturated carbocycles. The van der Waals surface area contributed by atoms with E-state index in [2.05, 4.69) is 5.32 Å². The highest BCUT2D eigenvalue weighted by Gasteiger charge is 2.14. The molecular formula is C13H20N2O5. The molecule has 0 aromatic heterocycles. The number of rotatable bonds is 10. The van der Waals surface area contributed by atoms with Crippen LogP contribution in [0.3, 0.4) is 0 Å². The third-order valence-electron chi connectivity index (χ3n) is 2.49. The lowest BCUT2D eigenvalue weighted by Gasteiger charge is -2.09. The summed E-state index contributed by atoms with van der Waals surface area (Å²) in [6.07, 6.45) is 0.779. The van der Waals surface area contributed by atoms with Crippen molar-refractivity contribution in [2.45, 2.75) is 13.3 Å². The summed E-state index contributed by atoms with van der Waals surface area (Å²) in [6, 6.07) is 4.70. The van der Waals surface area contributed by atoms with E-state index in [0.29, 0.717) is 26.4 Å². The molecule has 0 atom stereocenters. The maximum absolute atomic E-state index is 10.8. The predicted octanol–water partition coefficient (Wildman–Crippen LogP) is 1.80. The molecule has 0 bridgehead atoms. The van der Waals surface area contributed by atoms with E-state index in [1.807, 2.05) is 0 Å². The lowest BCUT2D eigenvalue weighted by Crippen LogP contribution is -2.08. The van der Waals surface area contributed by atoms with Crippen molar-refractivity contribution in [3.63, 3.8) is 0 Å². The van der Waals surface area contributed by atoms with Crippen LogP contribution in [0.15, 0.2) is 18.2 Å². The first kappa shape index (κ1) is 16.2. The van der Waals surface area contributed by atoms with Crippen molar-refractivity contribution in [3.05, 3.63) is 28.3 Å². The van der Waals surface area contributed by atoms with Gasteiger partial charge in [0.2, 0.25) is 0 Å². The topological polar surface area (TPSA) is 93.9 Å². The molecule has 0 aliphatic rings. The number of aliphatic hydroxyl groups is 1. The van der Waals surface area contributed by atoms with Gasteiger partial charge in [0.15, 0.2) is 5.75 Å². The standard InChI is InChI=1S/C13H20N2O5/c1-2-20-13-10-11(4-5-12(13)15(17)18)14-6-3-8-19-9-7-16/h4-5,10,14,16H,2-3,6-9H2,1H3. The number of nitrogens with zero attached hydrogens (tertiary/aromatic N) is 1. The van der Waals surface area contributed by atoms with Gasteiger partial charge < -0.3 is 19.9 Å². The number of nitro groups is 1. The van der Waals surface area contributed by atoms with Gasteiger partial charge in [-0.15, -0.1) is 0 Å². The van der Waals surface area contributed by atoms with Crippen LogP contribution in [0.4, 0.5) is 11.4 Å². The molecule has 0 aliphatic carbocycles. The zero-order valence-corrected chi connectivity index (χ0v) is 11.5. The van der Waals surface area contributed by atoms with Gasteiger partial charge in [-0.05, 0) is 19.4 Å². The Morgan fingerprint density at radius 1 is 1.40 bits per heavy atom. The summed E-state index contributed by atoms with van der Waals surface area (Å²) < 4.78 is 10.4. The van der Waals surface area contributed by atoms with Crippen molar-refractivity contribution in [2.24, 2.45) is 0 Å². The van der Waals surface area contributed by atoms with Crippen molar-refractivity contribution in [3.8, 4) is 5.75 Å². The predicted molar refractivity (Wildman–Crippen MR) is 75.3 cm³/mol. The van der Waals surface area contributed by atoms with Crippen LogP contribution in [0.5, 0.6) is 5.75 Å². The molecule has 0 unspecified atom stereocenters. The lowest BCUT2D eigenvalue weighted by molar-refractivity contribution is -0.385. The SMILES string of the molecule is CCOc1cc(NCCCOCCO)ccc1[N+](=O)[O-]. The second-order valence-corrected chi connectivity index (χ2v) is 3.99. The summed E-state index contributed by atoms with van der Waals surface area (Å²) in [4.78, 5) is 10.4. The van der Waals surface area contributed by atoms with Crippen LogP contribution in [0, 0.1) is 10.1 Å². The van der Waals surface area contributed by atoms with Gasteiger partial charge in [-0.25, -0.2) is 0 Å². The van der Waals surface area contributed by atoms with E-state index in [1.54, 1.807) is 19.1 Å². The summed E-state index contributed by atoms with van der Waals surface area (Å²) >= 11 is 0. The molecule has 1 rings (SSSR count). The van der Waals surface area contributed by atoms with Gasteiger partial charge in [0.1, 0.15) is 0 Å². The normalized spacial score (nSPS) is 10.3. The second-order valence-electron chi connectivity index (χ2n) is 3.99. The number of hydrogen-bond acceptors (Lipinski definition) is 6. The molecule has 0 aliphatic heterocycles. The molecular weight excluding hydrogens is 264 g/mol. The van der Waals surface area contributed by atoms with Crippen molar-refractivity contribution >= 4 is 11.4 Å². The number of anilines is 1. The largest absolute Gasteiger partial charge is 0.487 e. The molecule has 0 heterocycles. The van der Waals surface area contributed by atoms with E-state index in [-0.39, 0.29) is 18.0 Å². The molecule has 2 N–H and O–H groups in total. The Kier molecular flexibility index (Phi) is 7.38. The van der Waals surface area contributed by atoms with E-state index in [0.717, 1.165) is 12.1 Å². The van der Waals surface area contributed by atoms with Crippen molar-refractivity contribution in [1.29, 1.82) is 0 Å². The number of aliphatic hydroxyl groups excluding tert-OH is 1. The molecule has 0 fully saturated rings. The quantitative estimate of drug-likeness (QED) is 0.386. The Morgan fingerprint density at radius 3 is 2.85 bits per heavy atom. The minimum absolute atomic E-state index is 0.0213. The van der Waals surface area contributed by atoms with Crippen LogP contribution >= 0.6 is 0 Å².